The fourth-order valence-electron chi connectivity index (χ4n) is 4.93. The van der Waals surface area contributed by atoms with E-state index in [1.165, 1.54) is 0 Å². The van der Waals surface area contributed by atoms with Crippen LogP contribution in [0.15, 0.2) is 24.3 Å². The summed E-state index contributed by atoms with van der Waals surface area (Å²) in [4.78, 5) is 26.2. The molecule has 0 radical (unpaired) electrons. The van der Waals surface area contributed by atoms with Gasteiger partial charge in [0.1, 0.15) is 11.5 Å². The van der Waals surface area contributed by atoms with Gasteiger partial charge in [-0.25, -0.2) is 0 Å². The fourth-order valence-corrected chi connectivity index (χ4v) is 4.93. The summed E-state index contributed by atoms with van der Waals surface area (Å²) in [6, 6.07) is 6.86. The second-order valence-corrected chi connectivity index (χ2v) is 15.9. The minimum absolute atomic E-state index is 0.00970. The van der Waals surface area contributed by atoms with Gasteiger partial charge < -0.3 is 20.8 Å². The topological polar surface area (TPSA) is 98.7 Å². The van der Waals surface area contributed by atoms with Crippen molar-refractivity contribution in [2.75, 3.05) is 13.0 Å². The first-order valence-electron chi connectivity index (χ1n) is 21.8. The smallest absolute Gasteiger partial charge is 0.220 e. The summed E-state index contributed by atoms with van der Waals surface area (Å²) in [6.07, 6.45) is -17.2. The maximum atomic E-state index is 13.1. The van der Waals surface area contributed by atoms with Gasteiger partial charge in [0, 0.05) is 42.3 Å². The van der Waals surface area contributed by atoms with Crippen molar-refractivity contribution in [1.82, 2.24) is 10.6 Å². The third kappa shape index (κ3) is 12.0. The first kappa shape index (κ1) is 24.2. The molecule has 0 atom stereocenters. The summed E-state index contributed by atoms with van der Waals surface area (Å²) in [6.45, 7) is 15.5. The van der Waals surface area contributed by atoms with Gasteiger partial charge in [-0.1, -0.05) is 120 Å². The van der Waals surface area contributed by atoms with E-state index in [1.807, 2.05) is 83.1 Å². The van der Waals surface area contributed by atoms with Crippen LogP contribution in [-0.2, 0) is 44.1 Å². The van der Waals surface area contributed by atoms with E-state index in [1.54, 1.807) is 34.9 Å². The molecular weight excluding hydrogens is 572 g/mol. The lowest BCUT2D eigenvalue weighted by molar-refractivity contribution is -0.121. The van der Waals surface area contributed by atoms with Crippen LogP contribution in [-0.4, -0.2) is 35.0 Å². The van der Waals surface area contributed by atoms with Gasteiger partial charge in [-0.2, -0.15) is 0 Å². The zero-order valence-electron chi connectivity index (χ0n) is 41.8. The van der Waals surface area contributed by atoms with Crippen LogP contribution in [0.5, 0.6) is 11.5 Å². The number of nitrogens with one attached hydrogen (secondary N) is 2. The number of aryl methyl sites for hydroxylation is 2. The highest BCUT2D eigenvalue weighted by molar-refractivity contribution is 5.76. The van der Waals surface area contributed by atoms with Gasteiger partial charge >= 0.3 is 0 Å². The zero-order valence-corrected chi connectivity index (χ0v) is 29.8. The molecule has 2 aromatic carbocycles. The van der Waals surface area contributed by atoms with Crippen molar-refractivity contribution in [1.29, 1.82) is 0 Å². The van der Waals surface area contributed by atoms with E-state index < -0.39 is 84.8 Å². The second kappa shape index (κ2) is 15.7. The summed E-state index contributed by atoms with van der Waals surface area (Å²) in [5.41, 5.74) is 1.76. The lowest BCUT2D eigenvalue weighted by atomic mass is 9.78. The number of hydrogen-bond donors (Lipinski definition) is 4. The molecule has 0 spiro atoms. The molecule has 0 fully saturated rings. The average molecular weight is 649 g/mol. The van der Waals surface area contributed by atoms with Gasteiger partial charge in [0.05, 0.1) is 0 Å². The molecule has 2 rings (SSSR count). The Balaban J connectivity index is 2.34. The van der Waals surface area contributed by atoms with E-state index in [4.69, 9.17) is 16.4 Å². The van der Waals surface area contributed by atoms with Crippen molar-refractivity contribution in [2.45, 2.75) is 156 Å². The first-order valence-corrected chi connectivity index (χ1v) is 15.8. The molecule has 2 amide bonds. The Hall–Kier alpha value is -3.02. The fraction of sp³-hybridized carbons (Fsp3) is 0.650. The monoisotopic (exact) mass is 649 g/mol. The van der Waals surface area contributed by atoms with Crippen LogP contribution in [0.25, 0.3) is 0 Å². The van der Waals surface area contributed by atoms with Crippen molar-refractivity contribution in [3.63, 3.8) is 0 Å². The van der Waals surface area contributed by atoms with Crippen LogP contribution in [0.1, 0.15) is 171 Å². The van der Waals surface area contributed by atoms with E-state index in [-0.39, 0.29) is 24.3 Å². The maximum Gasteiger partial charge on any atom is 0.220 e. The van der Waals surface area contributed by atoms with Crippen molar-refractivity contribution in [2.24, 2.45) is 0 Å². The summed E-state index contributed by atoms with van der Waals surface area (Å²) < 4.78 is 101. The molecule has 0 heterocycles. The van der Waals surface area contributed by atoms with E-state index >= 15 is 0 Å². The third-order valence-electron chi connectivity index (χ3n) is 7.57. The highest BCUT2D eigenvalue weighted by Crippen LogP contribution is 2.41. The quantitative estimate of drug-likeness (QED) is 0.175. The highest BCUT2D eigenvalue weighted by atomic mass is 16.3. The van der Waals surface area contributed by atoms with Crippen LogP contribution >= 0.6 is 0 Å². The Bertz CT molecular complexity index is 1650. The number of benzene rings is 2. The first-order chi connectivity index (χ1) is 25.5. The molecule has 0 aliphatic carbocycles. The van der Waals surface area contributed by atoms with Gasteiger partial charge in [-0.3, -0.25) is 9.59 Å². The van der Waals surface area contributed by atoms with Crippen LogP contribution in [0.3, 0.4) is 0 Å². The molecule has 0 aliphatic heterocycles. The van der Waals surface area contributed by atoms with Crippen molar-refractivity contribution in [3.8, 4) is 11.5 Å². The van der Waals surface area contributed by atoms with Gasteiger partial charge in [0.2, 0.25) is 11.8 Å². The number of amides is 2. The highest BCUT2D eigenvalue weighted by Gasteiger charge is 2.28. The van der Waals surface area contributed by atoms with Crippen molar-refractivity contribution >= 4 is 11.8 Å². The minimum Gasteiger partial charge on any atom is -0.507 e. The number of hydrogen-bond acceptors (Lipinski definition) is 4. The molecule has 0 aliphatic rings. The average Bonchev–Trinajstić information content (AvgIpc) is 3.00. The number of phenols is 2. The van der Waals surface area contributed by atoms with Gasteiger partial charge in [0.25, 0.3) is 0 Å². The van der Waals surface area contributed by atoms with Crippen LogP contribution < -0.4 is 10.6 Å². The Labute approximate surface area is 297 Å². The van der Waals surface area contributed by atoms with Crippen LogP contribution in [0.2, 0.25) is 0 Å². The standard InChI is InChI=1S/C40H64N2O4/c1-37(2,3)29-23-27(24-30(35(29)45)38(4,5)6)17-19-33(43)41-21-15-13-14-16-22-42-34(44)20-18-28-25-31(39(7,8)9)36(46)32(26-28)40(10,11)12/h23-26,45-46H,13-22H2,1-12H3,(H,41,43)(H,42,44)/i13D2,14D2,15D2,16D2,21D2,22D2. The van der Waals surface area contributed by atoms with E-state index in [0.29, 0.717) is 33.4 Å². The third-order valence-corrected chi connectivity index (χ3v) is 7.57. The summed E-state index contributed by atoms with van der Waals surface area (Å²) in [5.74, 6) is -1.93. The Morgan fingerprint density at radius 2 is 0.804 bits per heavy atom. The van der Waals surface area contributed by atoms with Crippen molar-refractivity contribution in [3.05, 3.63) is 57.6 Å². The lowest BCUT2D eigenvalue weighted by Crippen LogP contribution is -2.25. The largest absolute Gasteiger partial charge is 0.507 e. The predicted molar refractivity (Wildman–Crippen MR) is 192 cm³/mol. The summed E-state index contributed by atoms with van der Waals surface area (Å²) in [7, 11) is 0. The summed E-state index contributed by atoms with van der Waals surface area (Å²) >= 11 is 0. The molecule has 0 unspecified atom stereocenters. The molecule has 6 nitrogen and oxygen atoms in total. The van der Waals surface area contributed by atoms with Crippen LogP contribution in [0.4, 0.5) is 0 Å². The Kier molecular flexibility index (Phi) is 8.26. The Morgan fingerprint density at radius 1 is 0.543 bits per heavy atom. The normalized spacial score (nSPS) is 18.4. The van der Waals surface area contributed by atoms with Crippen LogP contribution in [0, 0.1) is 0 Å². The van der Waals surface area contributed by atoms with Gasteiger partial charge in [-0.15, -0.1) is 0 Å². The minimum atomic E-state index is -4.17. The van der Waals surface area contributed by atoms with Crippen molar-refractivity contribution < 1.29 is 36.3 Å². The number of aromatic hydroxyl groups is 2. The maximum absolute atomic E-state index is 13.1. The number of phenolic OH excluding ortho intramolecular Hbond substituents is 2. The zero-order chi connectivity index (χ0) is 45.8. The lowest BCUT2D eigenvalue weighted by Gasteiger charge is -2.28. The molecule has 2 aromatic rings. The molecule has 4 N–H and O–H groups in total. The molecular formula is C40H64N2O4. The molecule has 0 bridgehead atoms. The Morgan fingerprint density at radius 3 is 1.04 bits per heavy atom. The SMILES string of the molecule is [2H]C([2H])(NC(=O)CCc1cc(C(C)(C)C)c(O)c(C(C)(C)C)c1)C([2H])([2H])C([2H])([2H])C([2H])([2H])C([2H])([2H])C([2H])([2H])NC(=O)CCc1cc(C(C)(C)C)c(O)c(C(C)(C)C)c1. The summed E-state index contributed by atoms with van der Waals surface area (Å²) in [5, 5.41) is 25.6. The molecule has 46 heavy (non-hydrogen) atoms. The van der Waals surface area contributed by atoms with Gasteiger partial charge in [-0.05, 0) is 80.6 Å². The molecule has 0 saturated heterocycles. The number of carbonyl (C=O) groups excluding carboxylic acids is 2. The van der Waals surface area contributed by atoms with Gasteiger partial charge in [0.15, 0.2) is 0 Å². The van der Waals surface area contributed by atoms with E-state index in [9.17, 15) is 19.8 Å². The molecule has 6 heteroatoms. The number of carbonyl (C=O) groups is 2. The molecule has 258 valence electrons. The number of rotatable bonds is 13. The van der Waals surface area contributed by atoms with E-state index in [2.05, 4.69) is 0 Å². The predicted octanol–water partition coefficient (Wildman–Crippen LogP) is 8.65. The second-order valence-electron chi connectivity index (χ2n) is 15.9. The van der Waals surface area contributed by atoms with E-state index in [0.717, 1.165) is 0 Å². The molecule has 0 saturated carbocycles. The molecule has 0 aromatic heterocycles.